The Kier molecular flexibility index (Phi) is 8.32. The van der Waals surface area contributed by atoms with Gasteiger partial charge in [0.25, 0.3) is 0 Å². The van der Waals surface area contributed by atoms with Gasteiger partial charge in [-0.25, -0.2) is 9.59 Å². The first-order valence-electron chi connectivity index (χ1n) is 12.4. The molecule has 1 atom stereocenters. The third-order valence-corrected chi connectivity index (χ3v) is 6.16. The van der Waals surface area contributed by atoms with Crippen LogP contribution in [0, 0.1) is 13.8 Å². The third-order valence-electron chi connectivity index (χ3n) is 6.16. The predicted molar refractivity (Wildman–Crippen MR) is 141 cm³/mol. The number of ether oxygens (including phenoxy) is 3. The van der Waals surface area contributed by atoms with Gasteiger partial charge >= 0.3 is 17.8 Å². The summed E-state index contributed by atoms with van der Waals surface area (Å²) in [5.41, 5.74) is 0.927. The van der Waals surface area contributed by atoms with E-state index in [1.165, 1.54) is 23.7 Å². The summed E-state index contributed by atoms with van der Waals surface area (Å²) in [4.78, 5) is 24.8. The van der Waals surface area contributed by atoms with E-state index in [0.29, 0.717) is 28.2 Å². The van der Waals surface area contributed by atoms with Gasteiger partial charge in [0.15, 0.2) is 18.5 Å². The molecule has 4 aromatic rings. The van der Waals surface area contributed by atoms with Gasteiger partial charge < -0.3 is 14.2 Å². The Bertz CT molecular complexity index is 1540. The SMILES string of the molecule is CCOC(=O)COc1cc(C)c(OC(c2ccccc2)c2nn(-c3ccc(C(F)(F)F)cc3)c(=O)n2C)cc1C. The summed E-state index contributed by atoms with van der Waals surface area (Å²) in [6.45, 7) is 5.35. The average Bonchev–Trinajstić information content (AvgIpc) is 3.22. The van der Waals surface area contributed by atoms with Crippen LogP contribution >= 0.6 is 0 Å². The number of nitrogens with zero attached hydrogens (tertiary/aromatic N) is 3. The Morgan fingerprint density at radius 1 is 0.975 bits per heavy atom. The van der Waals surface area contributed by atoms with Crippen molar-refractivity contribution in [3.8, 4) is 17.2 Å². The highest BCUT2D eigenvalue weighted by atomic mass is 19.4. The van der Waals surface area contributed by atoms with Gasteiger partial charge in [-0.1, -0.05) is 30.3 Å². The van der Waals surface area contributed by atoms with Crippen molar-refractivity contribution in [2.45, 2.75) is 33.1 Å². The molecule has 0 amide bonds. The standard InChI is InChI=1S/C29H28F3N3O5/c1-5-38-25(36)17-39-23-15-19(3)24(16-18(23)2)40-26(20-9-7-6-8-10-20)27-33-35(28(37)34(27)4)22-13-11-21(12-14-22)29(30,31)32/h6-16,26H,5,17H2,1-4H3. The fourth-order valence-corrected chi connectivity index (χ4v) is 4.05. The first kappa shape index (κ1) is 28.5. The van der Waals surface area contributed by atoms with E-state index in [0.717, 1.165) is 16.8 Å². The van der Waals surface area contributed by atoms with Crippen molar-refractivity contribution in [1.82, 2.24) is 14.3 Å². The van der Waals surface area contributed by atoms with Crippen LogP contribution in [0.3, 0.4) is 0 Å². The Morgan fingerprint density at radius 2 is 1.60 bits per heavy atom. The number of aryl methyl sites for hydroxylation is 2. The van der Waals surface area contributed by atoms with Gasteiger partial charge in [-0.15, -0.1) is 5.10 Å². The lowest BCUT2D eigenvalue weighted by Gasteiger charge is -2.21. The molecular formula is C29H28F3N3O5. The number of carbonyl (C=O) groups excluding carboxylic acids is 1. The average molecular weight is 556 g/mol. The molecule has 1 heterocycles. The normalized spacial score (nSPS) is 12.2. The molecule has 0 aliphatic carbocycles. The zero-order chi connectivity index (χ0) is 29.0. The maximum absolute atomic E-state index is 13.1. The fourth-order valence-electron chi connectivity index (χ4n) is 4.05. The van der Waals surface area contributed by atoms with Crippen molar-refractivity contribution in [3.05, 3.63) is 105 Å². The van der Waals surface area contributed by atoms with E-state index >= 15 is 0 Å². The van der Waals surface area contributed by atoms with Crippen molar-refractivity contribution < 1.29 is 32.2 Å². The molecule has 3 aromatic carbocycles. The van der Waals surface area contributed by atoms with E-state index in [1.54, 1.807) is 26.0 Å². The Hall–Kier alpha value is -4.54. The molecule has 1 aromatic heterocycles. The molecule has 1 unspecified atom stereocenters. The molecular weight excluding hydrogens is 527 g/mol. The molecule has 0 aliphatic heterocycles. The minimum absolute atomic E-state index is 0.182. The van der Waals surface area contributed by atoms with E-state index in [2.05, 4.69) is 5.10 Å². The van der Waals surface area contributed by atoms with E-state index < -0.39 is 29.5 Å². The molecule has 40 heavy (non-hydrogen) atoms. The Balaban J connectivity index is 1.70. The summed E-state index contributed by atoms with van der Waals surface area (Å²) < 4.78 is 58.4. The Morgan fingerprint density at radius 3 is 2.23 bits per heavy atom. The Labute approximate surface area is 228 Å². The van der Waals surface area contributed by atoms with Gasteiger partial charge in [-0.2, -0.15) is 17.9 Å². The number of halogens is 3. The number of benzene rings is 3. The maximum Gasteiger partial charge on any atom is 0.416 e. The summed E-state index contributed by atoms with van der Waals surface area (Å²) in [6.07, 6.45) is -5.33. The molecule has 0 bridgehead atoms. The number of rotatable bonds is 9. The first-order valence-corrected chi connectivity index (χ1v) is 12.4. The predicted octanol–water partition coefficient (Wildman–Crippen LogP) is 5.32. The molecule has 4 rings (SSSR count). The number of hydrogen-bond donors (Lipinski definition) is 0. The largest absolute Gasteiger partial charge is 0.482 e. The number of esters is 1. The van der Waals surface area contributed by atoms with Gasteiger partial charge in [0.1, 0.15) is 11.5 Å². The molecule has 0 fully saturated rings. The summed E-state index contributed by atoms with van der Waals surface area (Å²) >= 11 is 0. The van der Waals surface area contributed by atoms with Crippen LogP contribution in [0.25, 0.3) is 5.69 Å². The lowest BCUT2D eigenvalue weighted by atomic mass is 10.1. The van der Waals surface area contributed by atoms with Crippen molar-refractivity contribution >= 4 is 5.97 Å². The lowest BCUT2D eigenvalue weighted by molar-refractivity contribution is -0.145. The van der Waals surface area contributed by atoms with E-state index in [1.807, 2.05) is 37.3 Å². The number of hydrogen-bond acceptors (Lipinski definition) is 6. The second-order valence-corrected chi connectivity index (χ2v) is 9.04. The molecule has 210 valence electrons. The second-order valence-electron chi connectivity index (χ2n) is 9.04. The zero-order valence-electron chi connectivity index (χ0n) is 22.4. The highest BCUT2D eigenvalue weighted by Crippen LogP contribution is 2.34. The van der Waals surface area contributed by atoms with Crippen molar-refractivity contribution in [3.63, 3.8) is 0 Å². The van der Waals surface area contributed by atoms with Crippen LogP contribution in [0.5, 0.6) is 11.5 Å². The fraction of sp³-hybridized carbons (Fsp3) is 0.276. The zero-order valence-corrected chi connectivity index (χ0v) is 22.4. The number of aromatic nitrogens is 3. The summed E-state index contributed by atoms with van der Waals surface area (Å²) in [7, 11) is 1.52. The molecule has 0 spiro atoms. The van der Waals surface area contributed by atoms with Gasteiger partial charge in [-0.05, 0) is 68.3 Å². The minimum atomic E-state index is -4.50. The molecule has 0 saturated heterocycles. The van der Waals surface area contributed by atoms with Crippen LogP contribution in [0.1, 0.15) is 41.1 Å². The topological polar surface area (TPSA) is 84.6 Å². The number of carbonyl (C=O) groups is 1. The molecule has 8 nitrogen and oxygen atoms in total. The summed E-state index contributed by atoms with van der Waals surface area (Å²) in [5.74, 6) is 0.754. The van der Waals surface area contributed by atoms with Crippen LogP contribution in [0.15, 0.2) is 71.5 Å². The van der Waals surface area contributed by atoms with Gasteiger partial charge in [0, 0.05) is 12.6 Å². The van der Waals surface area contributed by atoms with Gasteiger partial charge in [0.05, 0.1) is 17.9 Å². The second kappa shape index (κ2) is 11.7. The monoisotopic (exact) mass is 555 g/mol. The summed E-state index contributed by atoms with van der Waals surface area (Å²) in [6, 6.07) is 16.8. The molecule has 0 aliphatic rings. The van der Waals surface area contributed by atoms with Crippen LogP contribution < -0.4 is 15.2 Å². The van der Waals surface area contributed by atoms with Crippen LogP contribution in [0.4, 0.5) is 13.2 Å². The van der Waals surface area contributed by atoms with Crippen LogP contribution in [-0.4, -0.2) is 33.5 Å². The van der Waals surface area contributed by atoms with Crippen molar-refractivity contribution in [2.75, 3.05) is 13.2 Å². The van der Waals surface area contributed by atoms with Crippen LogP contribution in [-0.2, 0) is 22.8 Å². The van der Waals surface area contributed by atoms with E-state index in [9.17, 15) is 22.8 Å². The molecule has 0 saturated carbocycles. The summed E-state index contributed by atoms with van der Waals surface area (Å²) in [5, 5.41) is 4.47. The van der Waals surface area contributed by atoms with E-state index in [-0.39, 0.29) is 24.7 Å². The molecule has 0 N–H and O–H groups in total. The first-order chi connectivity index (χ1) is 19.0. The highest BCUT2D eigenvalue weighted by molar-refractivity contribution is 5.71. The lowest BCUT2D eigenvalue weighted by Crippen LogP contribution is -2.23. The number of alkyl halides is 3. The smallest absolute Gasteiger partial charge is 0.416 e. The maximum atomic E-state index is 13.1. The van der Waals surface area contributed by atoms with E-state index in [4.69, 9.17) is 14.2 Å². The van der Waals surface area contributed by atoms with Crippen LogP contribution in [0.2, 0.25) is 0 Å². The quantitative estimate of drug-likeness (QED) is 0.260. The minimum Gasteiger partial charge on any atom is -0.482 e. The molecule has 0 radical (unpaired) electrons. The van der Waals surface area contributed by atoms with Crippen molar-refractivity contribution in [1.29, 1.82) is 0 Å². The third kappa shape index (κ3) is 6.19. The van der Waals surface area contributed by atoms with Gasteiger partial charge in [0.2, 0.25) is 0 Å². The molecule has 11 heteroatoms. The van der Waals surface area contributed by atoms with Crippen molar-refractivity contribution in [2.24, 2.45) is 7.05 Å². The van der Waals surface area contributed by atoms with Gasteiger partial charge in [-0.3, -0.25) is 4.57 Å². The highest BCUT2D eigenvalue weighted by Gasteiger charge is 2.30.